The van der Waals surface area contributed by atoms with Crippen LogP contribution in [0, 0.1) is 6.92 Å². The first-order chi connectivity index (χ1) is 16.9. The van der Waals surface area contributed by atoms with Crippen LogP contribution in [-0.2, 0) is 19.6 Å². The number of carbonyl (C=O) groups excluding carboxylic acids is 1. The number of carbonyl (C=O) groups is 1. The van der Waals surface area contributed by atoms with Crippen LogP contribution in [0.1, 0.15) is 5.56 Å². The molecule has 0 atom stereocenters. The lowest BCUT2D eigenvalue weighted by molar-refractivity contribution is -0.114. The average molecular weight is 496 g/mol. The van der Waals surface area contributed by atoms with Crippen molar-refractivity contribution >= 4 is 33.0 Å². The smallest absolute Gasteiger partial charge is 0.264 e. The van der Waals surface area contributed by atoms with Crippen LogP contribution in [0.5, 0.6) is 5.75 Å². The lowest BCUT2D eigenvalue weighted by atomic mass is 10.2. The number of aryl methyl sites for hydroxylation is 1. The second-order valence-electron chi connectivity index (χ2n) is 8.19. The summed E-state index contributed by atoms with van der Waals surface area (Å²) >= 11 is 0. The fourth-order valence-electron chi connectivity index (χ4n) is 3.88. The highest BCUT2D eigenvalue weighted by molar-refractivity contribution is 7.92. The fraction of sp³-hybridized carbons (Fsp3) is 0.269. The summed E-state index contributed by atoms with van der Waals surface area (Å²) in [5.74, 6) is -0.114. The van der Waals surface area contributed by atoms with E-state index in [0.29, 0.717) is 24.7 Å². The lowest BCUT2D eigenvalue weighted by Gasteiger charge is -2.29. The number of ether oxygens (including phenoxy) is 2. The maximum absolute atomic E-state index is 13.6. The van der Waals surface area contributed by atoms with Gasteiger partial charge in [0.15, 0.2) is 0 Å². The standard InChI is InChI=1S/C26H29N3O5S/c1-20-7-13-23(14-8-20)35(31,32)29(24-5-3-4-6-25(24)33-2)19-26(30)27-21-9-11-22(12-10-21)28-15-17-34-18-16-28/h3-14H,15-19H2,1-2H3,(H,27,30). The van der Waals surface area contributed by atoms with Crippen LogP contribution in [0.2, 0.25) is 0 Å². The van der Waals surface area contributed by atoms with Gasteiger partial charge in [-0.1, -0.05) is 29.8 Å². The van der Waals surface area contributed by atoms with Crippen molar-refractivity contribution in [3.63, 3.8) is 0 Å². The number of nitrogens with zero attached hydrogens (tertiary/aromatic N) is 2. The van der Waals surface area contributed by atoms with E-state index in [-0.39, 0.29) is 10.6 Å². The third-order valence-electron chi connectivity index (χ3n) is 5.78. The van der Waals surface area contributed by atoms with Crippen molar-refractivity contribution in [3.8, 4) is 5.75 Å². The Hall–Kier alpha value is -3.56. The molecule has 1 saturated heterocycles. The molecule has 0 bridgehead atoms. The van der Waals surface area contributed by atoms with Gasteiger partial charge < -0.3 is 19.7 Å². The van der Waals surface area contributed by atoms with E-state index in [1.165, 1.54) is 19.2 Å². The van der Waals surface area contributed by atoms with Gasteiger partial charge in [0.1, 0.15) is 12.3 Å². The van der Waals surface area contributed by atoms with Crippen molar-refractivity contribution in [2.75, 3.05) is 54.5 Å². The summed E-state index contributed by atoms with van der Waals surface area (Å²) in [6.07, 6.45) is 0. The zero-order chi connectivity index (χ0) is 24.8. The minimum Gasteiger partial charge on any atom is -0.495 e. The van der Waals surface area contributed by atoms with Gasteiger partial charge in [-0.05, 0) is 55.5 Å². The molecule has 3 aromatic rings. The molecule has 0 aliphatic carbocycles. The molecule has 0 radical (unpaired) electrons. The third-order valence-corrected chi connectivity index (χ3v) is 7.55. The molecule has 0 spiro atoms. The molecule has 1 amide bonds. The summed E-state index contributed by atoms with van der Waals surface area (Å²) < 4.78 is 39.1. The van der Waals surface area contributed by atoms with Crippen LogP contribution in [0.3, 0.4) is 0 Å². The summed E-state index contributed by atoms with van der Waals surface area (Å²) in [7, 11) is -2.57. The van der Waals surface area contributed by atoms with E-state index in [0.717, 1.165) is 28.6 Å². The van der Waals surface area contributed by atoms with E-state index in [9.17, 15) is 13.2 Å². The van der Waals surface area contributed by atoms with Crippen LogP contribution < -0.4 is 19.3 Å². The number of amides is 1. The van der Waals surface area contributed by atoms with Crippen molar-refractivity contribution in [3.05, 3.63) is 78.4 Å². The number of sulfonamides is 1. The number of nitrogens with one attached hydrogen (secondary N) is 1. The molecule has 4 rings (SSSR count). The average Bonchev–Trinajstić information content (AvgIpc) is 2.88. The van der Waals surface area contributed by atoms with Gasteiger partial charge >= 0.3 is 0 Å². The normalized spacial score (nSPS) is 13.8. The summed E-state index contributed by atoms with van der Waals surface area (Å²) in [5.41, 5.74) is 2.85. The number of methoxy groups -OCH3 is 1. The van der Waals surface area contributed by atoms with Gasteiger partial charge in [-0.25, -0.2) is 8.42 Å². The zero-order valence-corrected chi connectivity index (χ0v) is 20.6. The lowest BCUT2D eigenvalue weighted by Crippen LogP contribution is -2.38. The molecular formula is C26H29N3O5S. The molecule has 0 aromatic heterocycles. The number of benzene rings is 3. The quantitative estimate of drug-likeness (QED) is 0.513. The Morgan fingerprint density at radius 2 is 1.66 bits per heavy atom. The van der Waals surface area contributed by atoms with Crippen LogP contribution in [0.25, 0.3) is 0 Å². The molecular weight excluding hydrogens is 466 g/mol. The Kier molecular flexibility index (Phi) is 7.57. The molecule has 1 aliphatic rings. The molecule has 1 N–H and O–H groups in total. The van der Waals surface area contributed by atoms with Gasteiger partial charge in [0.2, 0.25) is 5.91 Å². The Balaban J connectivity index is 1.57. The van der Waals surface area contributed by atoms with Crippen molar-refractivity contribution in [2.45, 2.75) is 11.8 Å². The molecule has 3 aromatic carbocycles. The SMILES string of the molecule is COc1ccccc1N(CC(=O)Nc1ccc(N2CCOCC2)cc1)S(=O)(=O)c1ccc(C)cc1. The minimum atomic E-state index is -4.04. The third kappa shape index (κ3) is 5.75. The fourth-order valence-corrected chi connectivity index (χ4v) is 5.31. The van der Waals surface area contributed by atoms with Gasteiger partial charge in [-0.3, -0.25) is 9.10 Å². The second-order valence-corrected chi connectivity index (χ2v) is 10.1. The number of rotatable bonds is 8. The van der Waals surface area contributed by atoms with Gasteiger partial charge in [0, 0.05) is 24.5 Å². The highest BCUT2D eigenvalue weighted by Crippen LogP contribution is 2.32. The number of anilines is 3. The summed E-state index contributed by atoms with van der Waals surface area (Å²) in [6.45, 7) is 4.47. The summed E-state index contributed by atoms with van der Waals surface area (Å²) in [4.78, 5) is 15.3. The zero-order valence-electron chi connectivity index (χ0n) is 19.8. The summed E-state index contributed by atoms with van der Waals surface area (Å²) in [6, 6.07) is 20.7. The first-order valence-corrected chi connectivity index (χ1v) is 12.8. The first-order valence-electron chi connectivity index (χ1n) is 11.3. The first kappa shape index (κ1) is 24.6. The Labute approximate surface area is 206 Å². The van der Waals surface area contributed by atoms with E-state index in [1.54, 1.807) is 36.4 Å². The maximum atomic E-state index is 13.6. The Bertz CT molecular complexity index is 1250. The van der Waals surface area contributed by atoms with E-state index >= 15 is 0 Å². The molecule has 0 saturated carbocycles. The number of hydrogen-bond donors (Lipinski definition) is 1. The molecule has 1 heterocycles. The predicted octanol–water partition coefficient (Wildman–Crippen LogP) is 3.67. The van der Waals surface area contributed by atoms with Gasteiger partial charge in [-0.2, -0.15) is 0 Å². The van der Waals surface area contributed by atoms with Crippen LogP contribution in [0.15, 0.2) is 77.7 Å². The van der Waals surface area contributed by atoms with Crippen LogP contribution in [-0.4, -0.2) is 54.3 Å². The van der Waals surface area contributed by atoms with E-state index in [4.69, 9.17) is 9.47 Å². The Morgan fingerprint density at radius 1 is 1.00 bits per heavy atom. The predicted molar refractivity (Wildman–Crippen MR) is 137 cm³/mol. The number of morpholine rings is 1. The largest absolute Gasteiger partial charge is 0.495 e. The van der Waals surface area contributed by atoms with Gasteiger partial charge in [-0.15, -0.1) is 0 Å². The van der Waals surface area contributed by atoms with Crippen LogP contribution in [0.4, 0.5) is 17.1 Å². The van der Waals surface area contributed by atoms with Gasteiger partial charge in [0.05, 0.1) is 30.9 Å². The van der Waals surface area contributed by atoms with Crippen molar-refractivity contribution in [2.24, 2.45) is 0 Å². The monoisotopic (exact) mass is 495 g/mol. The van der Waals surface area contributed by atoms with Crippen LogP contribution >= 0.6 is 0 Å². The van der Waals surface area contributed by atoms with E-state index in [1.807, 2.05) is 31.2 Å². The molecule has 0 unspecified atom stereocenters. The van der Waals surface area contributed by atoms with Gasteiger partial charge in [0.25, 0.3) is 10.0 Å². The topological polar surface area (TPSA) is 88.2 Å². The van der Waals surface area contributed by atoms with Crippen molar-refractivity contribution in [1.29, 1.82) is 0 Å². The second kappa shape index (κ2) is 10.8. The van der Waals surface area contributed by atoms with Crippen molar-refractivity contribution in [1.82, 2.24) is 0 Å². The Morgan fingerprint density at radius 3 is 2.31 bits per heavy atom. The van der Waals surface area contributed by atoms with E-state index < -0.39 is 22.5 Å². The maximum Gasteiger partial charge on any atom is 0.264 e. The minimum absolute atomic E-state index is 0.0941. The molecule has 1 fully saturated rings. The molecule has 8 nitrogen and oxygen atoms in total. The molecule has 1 aliphatic heterocycles. The summed E-state index contributed by atoms with van der Waals surface area (Å²) in [5, 5.41) is 2.81. The molecule has 9 heteroatoms. The highest BCUT2D eigenvalue weighted by Gasteiger charge is 2.29. The van der Waals surface area contributed by atoms with Crippen molar-refractivity contribution < 1.29 is 22.7 Å². The highest BCUT2D eigenvalue weighted by atomic mass is 32.2. The molecule has 184 valence electrons. The molecule has 35 heavy (non-hydrogen) atoms. The number of hydrogen-bond acceptors (Lipinski definition) is 6. The van der Waals surface area contributed by atoms with E-state index in [2.05, 4.69) is 10.2 Å². The number of para-hydroxylation sites is 2.